The highest BCUT2D eigenvalue weighted by atomic mass is 32.1. The Bertz CT molecular complexity index is 678. The summed E-state index contributed by atoms with van der Waals surface area (Å²) in [4.78, 5) is 14.8. The van der Waals surface area contributed by atoms with Crippen molar-refractivity contribution in [3.05, 3.63) is 27.7 Å². The van der Waals surface area contributed by atoms with Crippen molar-refractivity contribution in [3.8, 4) is 0 Å². The molecular weight excluding hydrogens is 290 g/mol. The molecule has 1 unspecified atom stereocenters. The van der Waals surface area contributed by atoms with E-state index in [-0.39, 0.29) is 0 Å². The summed E-state index contributed by atoms with van der Waals surface area (Å²) in [7, 11) is 0. The molecule has 1 atom stereocenters. The van der Waals surface area contributed by atoms with Crippen molar-refractivity contribution < 1.29 is 9.90 Å². The smallest absolute Gasteiger partial charge is 0.325 e. The molecule has 1 N–H and O–H groups in total. The van der Waals surface area contributed by atoms with Crippen molar-refractivity contribution in [2.24, 2.45) is 0 Å². The van der Waals surface area contributed by atoms with Crippen LogP contribution in [0.3, 0.4) is 0 Å². The molecule has 1 aliphatic heterocycles. The summed E-state index contributed by atoms with van der Waals surface area (Å²) in [6, 6.07) is 1.73. The predicted octanol–water partition coefficient (Wildman–Crippen LogP) is 1.25. The van der Waals surface area contributed by atoms with Gasteiger partial charge in [-0.15, -0.1) is 16.4 Å². The molecule has 3 heterocycles. The molecule has 1 saturated carbocycles. The predicted molar refractivity (Wildman–Crippen MR) is 74.9 cm³/mol. The second kappa shape index (κ2) is 4.88. The van der Waals surface area contributed by atoms with Crippen LogP contribution in [0.1, 0.15) is 41.2 Å². The number of carboxylic acid groups (broad SMARTS) is 1. The molecule has 7 nitrogen and oxygen atoms in total. The first-order chi connectivity index (χ1) is 10.2. The van der Waals surface area contributed by atoms with Crippen LogP contribution in [0.4, 0.5) is 0 Å². The molecule has 0 bridgehead atoms. The van der Waals surface area contributed by atoms with Crippen LogP contribution in [0.5, 0.6) is 0 Å². The molecule has 0 aromatic carbocycles. The minimum absolute atomic E-state index is 0.403. The van der Waals surface area contributed by atoms with Crippen molar-refractivity contribution in [2.45, 2.75) is 37.9 Å². The number of hydrogen-bond acceptors (Lipinski definition) is 6. The summed E-state index contributed by atoms with van der Waals surface area (Å²) in [5.41, 5.74) is 0.921. The Balaban J connectivity index is 1.62. The zero-order valence-electron chi connectivity index (χ0n) is 11.3. The first-order valence-corrected chi connectivity index (χ1v) is 7.92. The Labute approximate surface area is 125 Å². The number of tetrazole rings is 1. The van der Waals surface area contributed by atoms with E-state index >= 15 is 0 Å². The van der Waals surface area contributed by atoms with Gasteiger partial charge in [0.2, 0.25) is 0 Å². The lowest BCUT2D eigenvalue weighted by atomic mass is 10.00. The van der Waals surface area contributed by atoms with Crippen LogP contribution >= 0.6 is 11.3 Å². The van der Waals surface area contributed by atoms with Crippen molar-refractivity contribution in [2.75, 3.05) is 6.54 Å². The van der Waals surface area contributed by atoms with Crippen LogP contribution in [0, 0.1) is 0 Å². The Morgan fingerprint density at radius 1 is 1.48 bits per heavy atom. The lowest BCUT2D eigenvalue weighted by molar-refractivity contribution is -0.144. The molecule has 0 amide bonds. The number of aliphatic carboxylic acids is 1. The molecule has 110 valence electrons. The highest BCUT2D eigenvalue weighted by molar-refractivity contribution is 7.10. The molecule has 0 radical (unpaired) electrons. The first-order valence-electron chi connectivity index (χ1n) is 7.04. The molecule has 0 saturated heterocycles. The van der Waals surface area contributed by atoms with E-state index in [1.54, 1.807) is 11.3 Å². The van der Waals surface area contributed by atoms with Crippen LogP contribution in [0.25, 0.3) is 0 Å². The molecule has 4 rings (SSSR count). The fraction of sp³-hybridized carbons (Fsp3) is 0.538. The number of hydrogen-bond donors (Lipinski definition) is 1. The number of rotatable bonds is 4. The third-order valence-electron chi connectivity index (χ3n) is 4.10. The van der Waals surface area contributed by atoms with E-state index in [0.717, 1.165) is 37.2 Å². The third kappa shape index (κ3) is 2.24. The fourth-order valence-corrected chi connectivity index (χ4v) is 3.83. The summed E-state index contributed by atoms with van der Waals surface area (Å²) in [6.07, 6.45) is 3.10. The van der Waals surface area contributed by atoms with E-state index in [1.807, 2.05) is 21.0 Å². The van der Waals surface area contributed by atoms with Crippen molar-refractivity contribution >= 4 is 17.3 Å². The molecule has 1 fully saturated rings. The maximum Gasteiger partial charge on any atom is 0.325 e. The summed E-state index contributed by atoms with van der Waals surface area (Å²) in [6.45, 7) is 1.21. The monoisotopic (exact) mass is 305 g/mol. The summed E-state index contributed by atoms with van der Waals surface area (Å²) < 4.78 is 1.85. The molecular formula is C13H15N5O2S. The van der Waals surface area contributed by atoms with E-state index in [0.29, 0.717) is 12.6 Å². The molecule has 8 heteroatoms. The van der Waals surface area contributed by atoms with Crippen molar-refractivity contribution in [3.63, 3.8) is 0 Å². The van der Waals surface area contributed by atoms with E-state index in [4.69, 9.17) is 0 Å². The lowest BCUT2D eigenvalue weighted by Gasteiger charge is -2.32. The van der Waals surface area contributed by atoms with Crippen LogP contribution in [-0.4, -0.2) is 42.7 Å². The van der Waals surface area contributed by atoms with Gasteiger partial charge in [0.15, 0.2) is 5.82 Å². The fourth-order valence-electron chi connectivity index (χ4n) is 2.93. The maximum atomic E-state index is 11.7. The Morgan fingerprint density at radius 2 is 2.33 bits per heavy atom. The van der Waals surface area contributed by atoms with Gasteiger partial charge in [-0.3, -0.25) is 9.69 Å². The average molecular weight is 305 g/mol. The van der Waals surface area contributed by atoms with Crippen molar-refractivity contribution in [1.82, 2.24) is 25.1 Å². The standard InChI is InChI=1S/C13H15N5O2S/c19-13(20)12-9-4-6-21-10(9)3-5-17(12)7-11-14-15-16-18(11)8-1-2-8/h4,6,8,12H,1-3,5,7H2,(H,19,20). The van der Waals surface area contributed by atoms with Crippen LogP contribution in [-0.2, 0) is 17.8 Å². The molecule has 0 spiro atoms. The van der Waals surface area contributed by atoms with Crippen LogP contribution < -0.4 is 0 Å². The SMILES string of the molecule is O=C(O)C1c2ccsc2CCN1Cc1nnnn1C1CC1. The number of nitrogens with zero attached hydrogens (tertiary/aromatic N) is 5. The van der Waals surface area contributed by atoms with Gasteiger partial charge in [0, 0.05) is 11.4 Å². The van der Waals surface area contributed by atoms with Crippen LogP contribution in [0.2, 0.25) is 0 Å². The van der Waals surface area contributed by atoms with E-state index in [1.165, 1.54) is 4.88 Å². The second-order valence-corrected chi connectivity index (χ2v) is 6.53. The number of thiophene rings is 1. The number of carboxylic acids is 1. The van der Waals surface area contributed by atoms with E-state index < -0.39 is 12.0 Å². The minimum Gasteiger partial charge on any atom is -0.480 e. The van der Waals surface area contributed by atoms with Crippen LogP contribution in [0.15, 0.2) is 11.4 Å². The number of carbonyl (C=O) groups is 1. The largest absolute Gasteiger partial charge is 0.480 e. The van der Waals surface area contributed by atoms with Crippen molar-refractivity contribution in [1.29, 1.82) is 0 Å². The average Bonchev–Trinajstić information content (AvgIpc) is 3.01. The van der Waals surface area contributed by atoms with Gasteiger partial charge in [-0.05, 0) is 46.7 Å². The van der Waals surface area contributed by atoms with Gasteiger partial charge < -0.3 is 5.11 Å². The Kier molecular flexibility index (Phi) is 3.00. The lowest BCUT2D eigenvalue weighted by Crippen LogP contribution is -2.39. The highest BCUT2D eigenvalue weighted by Gasteiger charge is 2.35. The minimum atomic E-state index is -0.806. The van der Waals surface area contributed by atoms with Gasteiger partial charge in [0.25, 0.3) is 0 Å². The highest BCUT2D eigenvalue weighted by Crippen LogP contribution is 2.37. The molecule has 21 heavy (non-hydrogen) atoms. The quantitative estimate of drug-likeness (QED) is 0.915. The van der Waals surface area contributed by atoms with Gasteiger partial charge in [0.05, 0.1) is 12.6 Å². The molecule has 2 aliphatic rings. The van der Waals surface area contributed by atoms with Gasteiger partial charge in [-0.25, -0.2) is 4.68 Å². The molecule has 1 aliphatic carbocycles. The zero-order chi connectivity index (χ0) is 14.4. The number of aromatic nitrogens is 4. The number of fused-ring (bicyclic) bond motifs is 1. The molecule has 2 aromatic heterocycles. The third-order valence-corrected chi connectivity index (χ3v) is 5.09. The van der Waals surface area contributed by atoms with E-state index in [2.05, 4.69) is 15.5 Å². The summed E-state index contributed by atoms with van der Waals surface area (Å²) in [5, 5.41) is 23.4. The zero-order valence-corrected chi connectivity index (χ0v) is 12.2. The Hall–Kier alpha value is -1.80. The summed E-state index contributed by atoms with van der Waals surface area (Å²) >= 11 is 1.64. The normalized spacial score (nSPS) is 22.2. The Morgan fingerprint density at radius 3 is 3.10 bits per heavy atom. The van der Waals surface area contributed by atoms with E-state index in [9.17, 15) is 9.90 Å². The second-order valence-electron chi connectivity index (χ2n) is 5.53. The van der Waals surface area contributed by atoms with Gasteiger partial charge in [-0.1, -0.05) is 0 Å². The maximum absolute atomic E-state index is 11.7. The van der Waals surface area contributed by atoms with Gasteiger partial charge >= 0.3 is 5.97 Å². The first kappa shape index (κ1) is 12.9. The molecule has 2 aromatic rings. The summed E-state index contributed by atoms with van der Waals surface area (Å²) in [5.74, 6) is -0.0396. The van der Waals surface area contributed by atoms with Gasteiger partial charge in [0.1, 0.15) is 6.04 Å². The van der Waals surface area contributed by atoms with Gasteiger partial charge in [-0.2, -0.15) is 0 Å². The topological polar surface area (TPSA) is 84.1 Å².